The predicted molar refractivity (Wildman–Crippen MR) is 55.0 cm³/mol. The molecule has 15 heavy (non-hydrogen) atoms. The quantitative estimate of drug-likeness (QED) is 0.267. The molecule has 0 aromatic carbocycles. The van der Waals surface area contributed by atoms with Gasteiger partial charge in [-0.05, 0) is 6.42 Å². The van der Waals surface area contributed by atoms with Crippen molar-refractivity contribution in [2.75, 3.05) is 7.11 Å². The van der Waals surface area contributed by atoms with Crippen LogP contribution < -0.4 is 5.11 Å². The van der Waals surface area contributed by atoms with Crippen LogP contribution in [0.3, 0.4) is 0 Å². The van der Waals surface area contributed by atoms with Crippen LogP contribution in [0.1, 0.15) is 39.0 Å². The number of ether oxygens (including phenoxy) is 1. The van der Waals surface area contributed by atoms with Gasteiger partial charge in [0, 0.05) is 0 Å². The van der Waals surface area contributed by atoms with Gasteiger partial charge in [-0.25, -0.2) is 0 Å². The molecule has 1 atom stereocenters. The molecule has 82 valence electrons. The molecular formula is C10H17MgO4+. The van der Waals surface area contributed by atoms with Crippen molar-refractivity contribution < 1.29 is 19.4 Å². The molecule has 1 unspecified atom stereocenters. The van der Waals surface area contributed by atoms with Crippen LogP contribution in [-0.4, -0.2) is 42.1 Å². The third kappa shape index (κ3) is 7.61. The molecule has 0 aromatic rings. The number of hydrogen-bond donors (Lipinski definition) is 0. The van der Waals surface area contributed by atoms with Gasteiger partial charge in [-0.3, -0.25) is 4.79 Å². The molecule has 0 aromatic heterocycles. The zero-order chi connectivity index (χ0) is 11.0. The van der Waals surface area contributed by atoms with E-state index in [0.29, 0.717) is 6.42 Å². The van der Waals surface area contributed by atoms with Crippen molar-refractivity contribution in [3.8, 4) is 0 Å². The summed E-state index contributed by atoms with van der Waals surface area (Å²) in [6.45, 7) is 2.07. The van der Waals surface area contributed by atoms with E-state index in [0.717, 1.165) is 25.7 Å². The second-order valence-electron chi connectivity index (χ2n) is 3.24. The van der Waals surface area contributed by atoms with Gasteiger partial charge in [-0.15, -0.1) is 0 Å². The summed E-state index contributed by atoms with van der Waals surface area (Å²) in [5.74, 6) is -3.15. The number of carbonyl (C=O) groups excluding carboxylic acids is 2. The maximum Gasteiger partial charge on any atom is 2.00 e. The summed E-state index contributed by atoms with van der Waals surface area (Å²) in [7, 11) is 1.18. The predicted octanol–water partition coefficient (Wildman–Crippen LogP) is 0.115. The summed E-state index contributed by atoms with van der Waals surface area (Å²) < 4.78 is 4.37. The molecule has 5 heteroatoms. The largest absolute Gasteiger partial charge is 2.00 e. The van der Waals surface area contributed by atoms with Crippen molar-refractivity contribution in [2.24, 2.45) is 5.92 Å². The number of unbranched alkanes of at least 4 members (excludes halogenated alkanes) is 3. The van der Waals surface area contributed by atoms with E-state index in [2.05, 4.69) is 11.7 Å². The zero-order valence-corrected chi connectivity index (χ0v) is 10.9. The van der Waals surface area contributed by atoms with Crippen molar-refractivity contribution in [2.45, 2.75) is 39.0 Å². The number of aliphatic carboxylic acids is 1. The summed E-state index contributed by atoms with van der Waals surface area (Å²) in [4.78, 5) is 21.5. The molecule has 0 N–H and O–H groups in total. The van der Waals surface area contributed by atoms with Crippen LogP contribution in [-0.2, 0) is 14.3 Å². The molecule has 0 saturated heterocycles. The van der Waals surface area contributed by atoms with Gasteiger partial charge in [-0.1, -0.05) is 32.6 Å². The molecule has 0 radical (unpaired) electrons. The molecule has 0 spiro atoms. The summed E-state index contributed by atoms with van der Waals surface area (Å²) in [6.07, 6.45) is 4.11. The van der Waals surface area contributed by atoms with Gasteiger partial charge in [0.25, 0.3) is 0 Å². The van der Waals surface area contributed by atoms with E-state index in [-0.39, 0.29) is 23.1 Å². The molecule has 0 bridgehead atoms. The van der Waals surface area contributed by atoms with E-state index < -0.39 is 17.9 Å². The van der Waals surface area contributed by atoms with Crippen LogP contribution in [0, 0.1) is 5.92 Å². The average molecular weight is 226 g/mol. The van der Waals surface area contributed by atoms with Crippen molar-refractivity contribution in [1.29, 1.82) is 0 Å². The number of hydrogen-bond acceptors (Lipinski definition) is 4. The Balaban J connectivity index is 0. The molecule has 0 saturated carbocycles. The van der Waals surface area contributed by atoms with Crippen LogP contribution in [0.25, 0.3) is 0 Å². The Morgan fingerprint density at radius 2 is 1.87 bits per heavy atom. The summed E-state index contributed by atoms with van der Waals surface area (Å²) >= 11 is 0. The first-order valence-corrected chi connectivity index (χ1v) is 4.92. The molecule has 0 amide bonds. The number of rotatable bonds is 7. The third-order valence-electron chi connectivity index (χ3n) is 2.12. The molecular weight excluding hydrogens is 208 g/mol. The van der Waals surface area contributed by atoms with E-state index in [1.165, 1.54) is 7.11 Å². The minimum absolute atomic E-state index is 0. The Hall–Kier alpha value is -0.294. The average Bonchev–Trinajstić information content (AvgIpc) is 2.16. The summed E-state index contributed by atoms with van der Waals surface area (Å²) in [6, 6.07) is 0. The van der Waals surface area contributed by atoms with Crippen LogP contribution in [0.2, 0.25) is 0 Å². The molecule has 0 rings (SSSR count). The van der Waals surface area contributed by atoms with Crippen molar-refractivity contribution in [3.05, 3.63) is 0 Å². The Morgan fingerprint density at radius 3 is 2.27 bits per heavy atom. The van der Waals surface area contributed by atoms with Crippen LogP contribution in [0.4, 0.5) is 0 Å². The Kier molecular flexibility index (Phi) is 11.7. The van der Waals surface area contributed by atoms with Gasteiger partial charge in [0.05, 0.1) is 19.0 Å². The van der Waals surface area contributed by atoms with E-state index in [1.54, 1.807) is 0 Å². The second-order valence-corrected chi connectivity index (χ2v) is 3.24. The van der Waals surface area contributed by atoms with Gasteiger partial charge < -0.3 is 14.6 Å². The Labute approximate surface area is 107 Å². The van der Waals surface area contributed by atoms with Crippen molar-refractivity contribution >= 4 is 35.0 Å². The first kappa shape index (κ1) is 17.1. The number of esters is 1. The fourth-order valence-electron chi connectivity index (χ4n) is 1.25. The van der Waals surface area contributed by atoms with Gasteiger partial charge in [0.1, 0.15) is 0 Å². The molecule has 0 aliphatic carbocycles. The topological polar surface area (TPSA) is 66.4 Å². The minimum atomic E-state index is -1.34. The van der Waals surface area contributed by atoms with Crippen molar-refractivity contribution in [1.82, 2.24) is 0 Å². The zero-order valence-electron chi connectivity index (χ0n) is 9.45. The summed E-state index contributed by atoms with van der Waals surface area (Å²) in [5.41, 5.74) is 0. The molecule has 0 heterocycles. The van der Waals surface area contributed by atoms with E-state index in [9.17, 15) is 14.7 Å². The summed E-state index contributed by atoms with van der Waals surface area (Å²) in [5, 5.41) is 10.6. The van der Waals surface area contributed by atoms with Crippen molar-refractivity contribution in [3.63, 3.8) is 0 Å². The fraction of sp³-hybridized carbons (Fsp3) is 0.800. The van der Waals surface area contributed by atoms with E-state index in [1.807, 2.05) is 0 Å². The van der Waals surface area contributed by atoms with E-state index >= 15 is 0 Å². The normalized spacial score (nSPS) is 11.3. The van der Waals surface area contributed by atoms with Gasteiger partial charge in [-0.2, -0.15) is 0 Å². The molecule has 0 aliphatic rings. The molecule has 0 aliphatic heterocycles. The van der Waals surface area contributed by atoms with E-state index in [4.69, 9.17) is 0 Å². The van der Waals surface area contributed by atoms with Crippen LogP contribution >= 0.6 is 0 Å². The first-order valence-electron chi connectivity index (χ1n) is 4.92. The third-order valence-corrected chi connectivity index (χ3v) is 2.12. The van der Waals surface area contributed by atoms with Crippen LogP contribution in [0.5, 0.6) is 0 Å². The van der Waals surface area contributed by atoms with Crippen LogP contribution in [0.15, 0.2) is 0 Å². The first-order chi connectivity index (χ1) is 6.63. The SMILES string of the molecule is CCCCCCC(C(=O)[O-])C(=O)OC.[Mg+2]. The standard InChI is InChI=1S/C10H18O4.Mg/c1-3-4-5-6-7-8(9(11)12)10(13)14-2;/h8H,3-7H2,1-2H3,(H,11,12);/q;+2/p-1. The van der Waals surface area contributed by atoms with Gasteiger partial charge in [0.2, 0.25) is 0 Å². The Morgan fingerprint density at radius 1 is 1.27 bits per heavy atom. The fourth-order valence-corrected chi connectivity index (χ4v) is 1.25. The smallest absolute Gasteiger partial charge is 0.549 e. The van der Waals surface area contributed by atoms with Gasteiger partial charge in [0.15, 0.2) is 0 Å². The second kappa shape index (κ2) is 10.2. The van der Waals surface area contributed by atoms with Gasteiger partial charge >= 0.3 is 29.0 Å². The number of carboxylic acids is 1. The monoisotopic (exact) mass is 225 g/mol. The molecule has 4 nitrogen and oxygen atoms in total. The number of carbonyl (C=O) groups is 2. The number of carboxylic acid groups (broad SMARTS) is 1. The molecule has 0 fully saturated rings. The maximum atomic E-state index is 11.0. The maximum absolute atomic E-state index is 11.0. The minimum Gasteiger partial charge on any atom is -0.549 e. The Bertz CT molecular complexity index is 194. The number of methoxy groups -OCH3 is 1.